The molecule has 0 radical (unpaired) electrons. The molecule has 1 aliphatic carbocycles. The molecule has 1 aliphatic rings. The van der Waals surface area contributed by atoms with E-state index in [-0.39, 0.29) is 11.7 Å². The Balaban J connectivity index is 2.29. The van der Waals surface area contributed by atoms with Crippen molar-refractivity contribution in [2.24, 2.45) is 0 Å². The lowest BCUT2D eigenvalue weighted by Gasteiger charge is -2.44. The van der Waals surface area contributed by atoms with Crippen LogP contribution in [0.25, 0.3) is 0 Å². The SMILES string of the molecule is C#CCCCC(O)C1(OC)CCC1. The highest BCUT2D eigenvalue weighted by Gasteiger charge is 2.43. The Morgan fingerprint density at radius 1 is 1.62 bits per heavy atom. The van der Waals surface area contributed by atoms with Crippen LogP contribution in [0, 0.1) is 12.3 Å². The number of ether oxygens (including phenoxy) is 1. The van der Waals surface area contributed by atoms with Crippen molar-refractivity contribution >= 4 is 0 Å². The average Bonchev–Trinajstić information content (AvgIpc) is 2.04. The summed E-state index contributed by atoms with van der Waals surface area (Å²) in [6, 6.07) is 0. The number of aliphatic hydroxyl groups is 1. The van der Waals surface area contributed by atoms with Crippen molar-refractivity contribution in [1.29, 1.82) is 0 Å². The van der Waals surface area contributed by atoms with Gasteiger partial charge in [-0.05, 0) is 32.1 Å². The van der Waals surface area contributed by atoms with E-state index in [0.29, 0.717) is 0 Å². The summed E-state index contributed by atoms with van der Waals surface area (Å²) in [5, 5.41) is 9.85. The molecule has 0 bridgehead atoms. The first-order valence-corrected chi connectivity index (χ1v) is 4.92. The van der Waals surface area contributed by atoms with Gasteiger partial charge < -0.3 is 9.84 Å². The molecule has 0 aromatic rings. The molecule has 1 fully saturated rings. The standard InChI is InChI=1S/C11H18O2/c1-3-4-5-7-10(12)11(13-2)8-6-9-11/h1,10,12H,4-9H2,2H3. The summed E-state index contributed by atoms with van der Waals surface area (Å²) >= 11 is 0. The summed E-state index contributed by atoms with van der Waals surface area (Å²) in [6.45, 7) is 0. The van der Waals surface area contributed by atoms with Gasteiger partial charge in [-0.25, -0.2) is 0 Å². The minimum Gasteiger partial charge on any atom is -0.390 e. The summed E-state index contributed by atoms with van der Waals surface area (Å²) in [4.78, 5) is 0. The molecule has 2 nitrogen and oxygen atoms in total. The maximum Gasteiger partial charge on any atom is 0.0936 e. The Morgan fingerprint density at radius 2 is 2.31 bits per heavy atom. The van der Waals surface area contributed by atoms with E-state index in [4.69, 9.17) is 11.2 Å². The summed E-state index contributed by atoms with van der Waals surface area (Å²) in [5.74, 6) is 2.58. The van der Waals surface area contributed by atoms with Gasteiger partial charge in [0.2, 0.25) is 0 Å². The monoisotopic (exact) mass is 182 g/mol. The van der Waals surface area contributed by atoms with E-state index >= 15 is 0 Å². The van der Waals surface area contributed by atoms with E-state index in [2.05, 4.69) is 5.92 Å². The highest BCUT2D eigenvalue weighted by molar-refractivity contribution is 4.96. The number of methoxy groups -OCH3 is 1. The van der Waals surface area contributed by atoms with Crippen molar-refractivity contribution in [1.82, 2.24) is 0 Å². The Morgan fingerprint density at radius 3 is 2.69 bits per heavy atom. The molecule has 2 heteroatoms. The number of hydrogen-bond acceptors (Lipinski definition) is 2. The van der Waals surface area contributed by atoms with Crippen molar-refractivity contribution in [3.8, 4) is 12.3 Å². The molecule has 1 N–H and O–H groups in total. The van der Waals surface area contributed by atoms with E-state index < -0.39 is 0 Å². The average molecular weight is 182 g/mol. The van der Waals surface area contributed by atoms with Crippen LogP contribution in [0.2, 0.25) is 0 Å². The van der Waals surface area contributed by atoms with Crippen LogP contribution in [0.4, 0.5) is 0 Å². The van der Waals surface area contributed by atoms with Crippen molar-refractivity contribution in [2.75, 3.05) is 7.11 Å². The summed E-state index contributed by atoms with van der Waals surface area (Å²) in [7, 11) is 1.68. The lowest BCUT2D eigenvalue weighted by molar-refractivity contribution is -0.151. The lowest BCUT2D eigenvalue weighted by Crippen LogP contribution is -2.49. The minimum absolute atomic E-state index is 0.241. The van der Waals surface area contributed by atoms with Gasteiger partial charge in [0.15, 0.2) is 0 Å². The first-order chi connectivity index (χ1) is 6.25. The van der Waals surface area contributed by atoms with E-state index in [1.807, 2.05) is 0 Å². The summed E-state index contributed by atoms with van der Waals surface area (Å²) < 4.78 is 5.36. The summed E-state index contributed by atoms with van der Waals surface area (Å²) in [5.41, 5.74) is -0.241. The van der Waals surface area contributed by atoms with Crippen molar-refractivity contribution < 1.29 is 9.84 Å². The zero-order valence-electron chi connectivity index (χ0n) is 8.25. The molecule has 1 atom stereocenters. The van der Waals surface area contributed by atoms with Gasteiger partial charge in [-0.1, -0.05) is 0 Å². The molecule has 0 aromatic heterocycles. The number of unbranched alkanes of at least 4 members (excludes halogenated alkanes) is 1. The van der Waals surface area contributed by atoms with Gasteiger partial charge in [-0.15, -0.1) is 12.3 Å². The van der Waals surface area contributed by atoms with E-state index in [1.54, 1.807) is 7.11 Å². The first-order valence-electron chi connectivity index (χ1n) is 4.92. The lowest BCUT2D eigenvalue weighted by atomic mass is 9.74. The molecule has 1 rings (SSSR count). The number of rotatable bonds is 5. The highest BCUT2D eigenvalue weighted by atomic mass is 16.5. The third-order valence-corrected chi connectivity index (χ3v) is 3.01. The van der Waals surface area contributed by atoms with E-state index in [0.717, 1.165) is 32.1 Å². The second-order valence-corrected chi connectivity index (χ2v) is 3.73. The molecule has 13 heavy (non-hydrogen) atoms. The molecule has 0 saturated heterocycles. The third kappa shape index (κ3) is 2.24. The van der Waals surface area contributed by atoms with Gasteiger partial charge in [0.25, 0.3) is 0 Å². The predicted molar refractivity (Wildman–Crippen MR) is 52.3 cm³/mol. The van der Waals surface area contributed by atoms with Gasteiger partial charge in [-0.3, -0.25) is 0 Å². The van der Waals surface area contributed by atoms with Crippen LogP contribution in [-0.2, 0) is 4.74 Å². The molecule has 0 spiro atoms. The molecule has 1 unspecified atom stereocenters. The Kier molecular flexibility index (Phi) is 3.77. The maximum absolute atomic E-state index is 9.85. The second-order valence-electron chi connectivity index (χ2n) is 3.73. The second kappa shape index (κ2) is 4.64. The Hall–Kier alpha value is -0.520. The zero-order chi connectivity index (χ0) is 9.73. The van der Waals surface area contributed by atoms with Crippen LogP contribution in [0.3, 0.4) is 0 Å². The van der Waals surface area contributed by atoms with Gasteiger partial charge in [0.05, 0.1) is 11.7 Å². The van der Waals surface area contributed by atoms with E-state index in [1.165, 1.54) is 6.42 Å². The Bertz CT molecular complexity index is 183. The predicted octanol–water partition coefficient (Wildman–Crippen LogP) is 1.72. The number of terminal acetylenes is 1. The molecule has 0 heterocycles. The molecule has 0 aliphatic heterocycles. The van der Waals surface area contributed by atoms with E-state index in [9.17, 15) is 5.11 Å². The van der Waals surface area contributed by atoms with Gasteiger partial charge in [0, 0.05) is 13.5 Å². The highest BCUT2D eigenvalue weighted by Crippen LogP contribution is 2.39. The van der Waals surface area contributed by atoms with Gasteiger partial charge >= 0.3 is 0 Å². The number of hydrogen-bond donors (Lipinski definition) is 1. The van der Waals surface area contributed by atoms with Crippen molar-refractivity contribution in [3.05, 3.63) is 0 Å². The topological polar surface area (TPSA) is 29.5 Å². The van der Waals surface area contributed by atoms with Crippen LogP contribution >= 0.6 is 0 Å². The number of aliphatic hydroxyl groups excluding tert-OH is 1. The van der Waals surface area contributed by atoms with Crippen LogP contribution in [0.15, 0.2) is 0 Å². The fraction of sp³-hybridized carbons (Fsp3) is 0.818. The largest absolute Gasteiger partial charge is 0.390 e. The minimum atomic E-state index is -0.334. The van der Waals surface area contributed by atoms with Gasteiger partial charge in [0.1, 0.15) is 0 Å². The smallest absolute Gasteiger partial charge is 0.0936 e. The normalized spacial score (nSPS) is 21.6. The maximum atomic E-state index is 9.85. The van der Waals surface area contributed by atoms with Crippen LogP contribution < -0.4 is 0 Å². The molecule has 0 aromatic carbocycles. The van der Waals surface area contributed by atoms with Crippen molar-refractivity contribution in [2.45, 2.75) is 50.2 Å². The van der Waals surface area contributed by atoms with Crippen LogP contribution in [-0.4, -0.2) is 23.9 Å². The zero-order valence-corrected chi connectivity index (χ0v) is 8.25. The molecular formula is C11H18O2. The molecule has 1 saturated carbocycles. The van der Waals surface area contributed by atoms with Crippen LogP contribution in [0.5, 0.6) is 0 Å². The van der Waals surface area contributed by atoms with Crippen LogP contribution in [0.1, 0.15) is 38.5 Å². The Labute approximate surface area is 80.3 Å². The van der Waals surface area contributed by atoms with Gasteiger partial charge in [-0.2, -0.15) is 0 Å². The first kappa shape index (κ1) is 10.6. The van der Waals surface area contributed by atoms with Crippen molar-refractivity contribution in [3.63, 3.8) is 0 Å². The molecule has 0 amide bonds. The molecular weight excluding hydrogens is 164 g/mol. The third-order valence-electron chi connectivity index (χ3n) is 3.01. The fourth-order valence-corrected chi connectivity index (χ4v) is 1.86. The quantitative estimate of drug-likeness (QED) is 0.518. The fourth-order valence-electron chi connectivity index (χ4n) is 1.86. The molecule has 74 valence electrons. The summed E-state index contributed by atoms with van der Waals surface area (Å²) in [6.07, 6.45) is 10.3.